The summed E-state index contributed by atoms with van der Waals surface area (Å²) in [6, 6.07) is 10.5. The van der Waals surface area contributed by atoms with Gasteiger partial charge in [0.25, 0.3) is 15.9 Å². The monoisotopic (exact) mass is 418 g/mol. The lowest BCUT2D eigenvalue weighted by Crippen LogP contribution is -2.28. The van der Waals surface area contributed by atoms with Crippen LogP contribution in [0.1, 0.15) is 41.3 Å². The second-order valence-electron chi connectivity index (χ2n) is 6.93. The molecule has 0 bridgehead atoms. The van der Waals surface area contributed by atoms with Gasteiger partial charge >= 0.3 is 0 Å². The minimum Gasteiger partial charge on any atom is -0.339 e. The molecular formula is C21H26N2O3S2. The summed E-state index contributed by atoms with van der Waals surface area (Å²) < 4.78 is 28.9. The summed E-state index contributed by atoms with van der Waals surface area (Å²) in [5.74, 6) is -0.0935. The number of amides is 1. The lowest BCUT2D eigenvalue weighted by molar-refractivity contribution is 0.0789. The van der Waals surface area contributed by atoms with Crippen molar-refractivity contribution in [2.75, 3.05) is 24.1 Å². The summed E-state index contributed by atoms with van der Waals surface area (Å²) in [6.45, 7) is 5.33. The summed E-state index contributed by atoms with van der Waals surface area (Å²) >= 11 is 1.45. The summed E-state index contributed by atoms with van der Waals surface area (Å²) in [5.41, 5.74) is 2.89. The summed E-state index contributed by atoms with van der Waals surface area (Å²) in [4.78, 5) is 15.6. The van der Waals surface area contributed by atoms with Crippen molar-refractivity contribution in [2.45, 2.75) is 42.9 Å². The third-order valence-electron chi connectivity index (χ3n) is 5.08. The Kier molecular flexibility index (Phi) is 6.35. The van der Waals surface area contributed by atoms with Crippen molar-refractivity contribution in [1.29, 1.82) is 0 Å². The van der Waals surface area contributed by atoms with Gasteiger partial charge in [-0.2, -0.15) is 0 Å². The van der Waals surface area contributed by atoms with E-state index in [-0.39, 0.29) is 10.8 Å². The fourth-order valence-electron chi connectivity index (χ4n) is 3.47. The van der Waals surface area contributed by atoms with Gasteiger partial charge in [0.05, 0.1) is 16.1 Å². The average molecular weight is 419 g/mol. The maximum absolute atomic E-state index is 13.1. The molecule has 1 aliphatic rings. The van der Waals surface area contributed by atoms with Gasteiger partial charge in [-0.25, -0.2) is 8.42 Å². The number of thioether (sulfide) groups is 1. The number of benzene rings is 2. The Labute approximate surface area is 171 Å². The number of hydrogen-bond acceptors (Lipinski definition) is 4. The first-order chi connectivity index (χ1) is 13.4. The number of nitrogens with one attached hydrogen (secondary N) is 1. The molecule has 0 aliphatic carbocycles. The zero-order valence-electron chi connectivity index (χ0n) is 16.5. The first kappa shape index (κ1) is 20.7. The number of carbonyl (C=O) groups is 1. The van der Waals surface area contributed by atoms with Crippen LogP contribution in [0.25, 0.3) is 0 Å². The van der Waals surface area contributed by atoms with Gasteiger partial charge in [-0.05, 0) is 61.8 Å². The van der Waals surface area contributed by atoms with Crippen molar-refractivity contribution in [1.82, 2.24) is 4.90 Å². The van der Waals surface area contributed by atoms with E-state index in [0.717, 1.165) is 48.4 Å². The smallest absolute Gasteiger partial charge is 0.261 e. The zero-order valence-corrected chi connectivity index (χ0v) is 18.1. The lowest BCUT2D eigenvalue weighted by Gasteiger charge is -2.19. The van der Waals surface area contributed by atoms with E-state index in [2.05, 4.69) is 4.72 Å². The number of rotatable bonds is 6. The minimum atomic E-state index is -3.80. The van der Waals surface area contributed by atoms with Crippen molar-refractivity contribution in [3.8, 4) is 0 Å². The molecule has 28 heavy (non-hydrogen) atoms. The second kappa shape index (κ2) is 8.57. The molecule has 1 aliphatic heterocycles. The Morgan fingerprint density at radius 1 is 1.18 bits per heavy atom. The third kappa shape index (κ3) is 4.20. The Hall–Kier alpha value is -1.99. The molecule has 1 N–H and O–H groups in total. The van der Waals surface area contributed by atoms with Crippen LogP contribution in [0.3, 0.4) is 0 Å². The van der Waals surface area contributed by atoms with Gasteiger partial charge in [-0.3, -0.25) is 9.52 Å². The normalized spacial score (nSPS) is 14.3. The molecule has 1 amide bonds. The van der Waals surface area contributed by atoms with Gasteiger partial charge in [0, 0.05) is 18.0 Å². The fourth-order valence-corrected chi connectivity index (χ4v) is 5.24. The predicted molar refractivity (Wildman–Crippen MR) is 115 cm³/mol. The number of likely N-dealkylation sites (tertiary alicyclic amines) is 1. The molecule has 150 valence electrons. The molecule has 7 heteroatoms. The number of sulfonamides is 1. The molecule has 0 unspecified atom stereocenters. The Bertz CT molecular complexity index is 981. The molecule has 0 saturated carbocycles. The molecule has 2 aromatic rings. The number of para-hydroxylation sites is 1. The van der Waals surface area contributed by atoms with Crippen LogP contribution in [0.4, 0.5) is 5.69 Å². The van der Waals surface area contributed by atoms with E-state index in [1.165, 1.54) is 17.8 Å². The number of aryl methyl sites for hydroxylation is 2. The largest absolute Gasteiger partial charge is 0.339 e. The van der Waals surface area contributed by atoms with E-state index in [9.17, 15) is 13.2 Å². The Morgan fingerprint density at radius 2 is 1.89 bits per heavy atom. The zero-order chi connectivity index (χ0) is 20.3. The molecule has 1 fully saturated rings. The summed E-state index contributed by atoms with van der Waals surface area (Å²) in [6.07, 6.45) is 4.60. The highest BCUT2D eigenvalue weighted by Crippen LogP contribution is 2.29. The van der Waals surface area contributed by atoms with Crippen LogP contribution < -0.4 is 4.72 Å². The Balaban J connectivity index is 1.99. The van der Waals surface area contributed by atoms with Crippen LogP contribution in [0.5, 0.6) is 0 Å². The van der Waals surface area contributed by atoms with Crippen LogP contribution in [-0.2, 0) is 16.4 Å². The van der Waals surface area contributed by atoms with Crippen LogP contribution in [0.2, 0.25) is 0 Å². The predicted octanol–water partition coefficient (Wildman–Crippen LogP) is 4.32. The maximum Gasteiger partial charge on any atom is 0.261 e. The van der Waals surface area contributed by atoms with Crippen LogP contribution in [0, 0.1) is 6.92 Å². The second-order valence-corrected chi connectivity index (χ2v) is 9.46. The molecule has 1 saturated heterocycles. The molecule has 5 nitrogen and oxygen atoms in total. The molecule has 2 aromatic carbocycles. The quantitative estimate of drug-likeness (QED) is 0.710. The number of hydrogen-bond donors (Lipinski definition) is 1. The first-order valence-electron chi connectivity index (χ1n) is 9.46. The molecule has 1 heterocycles. The highest BCUT2D eigenvalue weighted by molar-refractivity contribution is 7.98. The molecule has 0 spiro atoms. The molecule has 3 rings (SSSR count). The maximum atomic E-state index is 13.1. The highest BCUT2D eigenvalue weighted by Gasteiger charge is 2.25. The molecule has 0 atom stereocenters. The number of nitrogens with zero attached hydrogens (tertiary/aromatic N) is 1. The first-order valence-corrected chi connectivity index (χ1v) is 12.2. The van der Waals surface area contributed by atoms with E-state index < -0.39 is 10.0 Å². The van der Waals surface area contributed by atoms with Gasteiger partial charge in [0.2, 0.25) is 0 Å². The van der Waals surface area contributed by atoms with Crippen LogP contribution in [0.15, 0.2) is 46.2 Å². The summed E-state index contributed by atoms with van der Waals surface area (Å²) in [7, 11) is -3.80. The van der Waals surface area contributed by atoms with Crippen molar-refractivity contribution in [2.24, 2.45) is 0 Å². The summed E-state index contributed by atoms with van der Waals surface area (Å²) in [5, 5.41) is 0. The van der Waals surface area contributed by atoms with E-state index in [1.54, 1.807) is 17.0 Å². The lowest BCUT2D eigenvalue weighted by atomic mass is 10.1. The van der Waals surface area contributed by atoms with Crippen molar-refractivity contribution in [3.63, 3.8) is 0 Å². The average Bonchev–Trinajstić information content (AvgIpc) is 3.23. The van der Waals surface area contributed by atoms with E-state index in [1.807, 2.05) is 38.3 Å². The van der Waals surface area contributed by atoms with Gasteiger partial charge in [-0.1, -0.05) is 25.1 Å². The van der Waals surface area contributed by atoms with E-state index >= 15 is 0 Å². The van der Waals surface area contributed by atoms with Gasteiger partial charge in [-0.15, -0.1) is 11.8 Å². The SMILES string of the molecule is CCc1cccc(C)c1NS(=O)(=O)c1ccc(SC)c(C(=O)N2CCCC2)c1. The van der Waals surface area contributed by atoms with Crippen molar-refractivity contribution < 1.29 is 13.2 Å². The van der Waals surface area contributed by atoms with Crippen LogP contribution >= 0.6 is 11.8 Å². The fraction of sp³-hybridized carbons (Fsp3) is 0.381. The highest BCUT2D eigenvalue weighted by atomic mass is 32.2. The minimum absolute atomic E-state index is 0.0935. The van der Waals surface area contributed by atoms with Gasteiger partial charge in [0.15, 0.2) is 0 Å². The number of carbonyl (C=O) groups excluding carboxylic acids is 1. The topological polar surface area (TPSA) is 66.5 Å². The standard InChI is InChI=1S/C21H26N2O3S2/c1-4-16-9-7-8-15(2)20(16)22-28(25,26)17-10-11-19(27-3)18(14-17)21(24)23-12-5-6-13-23/h7-11,14,22H,4-6,12-13H2,1-3H3. The van der Waals surface area contributed by atoms with Crippen molar-refractivity contribution in [3.05, 3.63) is 53.1 Å². The third-order valence-corrected chi connectivity index (χ3v) is 7.22. The van der Waals surface area contributed by atoms with Crippen molar-refractivity contribution >= 4 is 33.4 Å². The van der Waals surface area contributed by atoms with E-state index in [4.69, 9.17) is 0 Å². The van der Waals surface area contributed by atoms with E-state index in [0.29, 0.717) is 11.3 Å². The molecule has 0 aromatic heterocycles. The number of anilines is 1. The van der Waals surface area contributed by atoms with Gasteiger partial charge in [0.1, 0.15) is 0 Å². The van der Waals surface area contributed by atoms with Gasteiger partial charge < -0.3 is 4.90 Å². The van der Waals surface area contributed by atoms with Crippen LogP contribution in [-0.4, -0.2) is 38.6 Å². The Morgan fingerprint density at radius 3 is 2.54 bits per heavy atom. The molecule has 0 radical (unpaired) electrons. The molecular weight excluding hydrogens is 392 g/mol.